The van der Waals surface area contributed by atoms with Crippen LogP contribution in [0.15, 0.2) is 12.1 Å². The molecule has 0 spiro atoms. The van der Waals surface area contributed by atoms with Crippen LogP contribution >= 0.6 is 11.6 Å². The van der Waals surface area contributed by atoms with Crippen LogP contribution in [-0.4, -0.2) is 30.6 Å². The third kappa shape index (κ3) is 3.92. The first-order valence-electron chi connectivity index (χ1n) is 5.85. The van der Waals surface area contributed by atoms with Gasteiger partial charge in [-0.1, -0.05) is 11.6 Å². The number of hydrogen-bond donors (Lipinski definition) is 1. The van der Waals surface area contributed by atoms with Crippen molar-refractivity contribution >= 4 is 17.5 Å². The van der Waals surface area contributed by atoms with Gasteiger partial charge in [0.2, 0.25) is 5.95 Å². The van der Waals surface area contributed by atoms with E-state index < -0.39 is 11.9 Å². The molecule has 1 aliphatic carbocycles. The van der Waals surface area contributed by atoms with Gasteiger partial charge in [-0.05, 0) is 30.9 Å². The minimum Gasteiger partial charge on any atom is -0.379 e. The zero-order valence-electron chi connectivity index (χ0n) is 9.79. The lowest BCUT2D eigenvalue weighted by Gasteiger charge is -2.06. The number of rotatable bonds is 6. The summed E-state index contributed by atoms with van der Waals surface area (Å²) in [6.07, 6.45) is 2.46. The van der Waals surface area contributed by atoms with Crippen LogP contribution < -0.4 is 5.32 Å². The monoisotopic (exact) mass is 272 g/mol. The van der Waals surface area contributed by atoms with Crippen molar-refractivity contribution in [1.29, 1.82) is 0 Å². The molecule has 1 N–H and O–H groups in total. The smallest absolute Gasteiger partial charge is 0.256 e. The second-order valence-corrected chi connectivity index (χ2v) is 4.63. The topological polar surface area (TPSA) is 51.2 Å². The molecule has 1 aliphatic rings. The Morgan fingerprint density at radius 2 is 2.33 bits per heavy atom. The van der Waals surface area contributed by atoms with Crippen LogP contribution in [0.4, 0.5) is 4.39 Å². The Labute approximate surface area is 109 Å². The molecular weight excluding hydrogens is 259 g/mol. The first-order chi connectivity index (χ1) is 8.66. The number of carbonyl (C=O) groups is 1. The summed E-state index contributed by atoms with van der Waals surface area (Å²) in [7, 11) is 0. The Morgan fingerprint density at radius 3 is 3.00 bits per heavy atom. The van der Waals surface area contributed by atoms with Gasteiger partial charge in [-0.15, -0.1) is 0 Å². The number of halogens is 2. The number of pyridine rings is 1. The van der Waals surface area contributed by atoms with Gasteiger partial charge in [0.15, 0.2) is 0 Å². The zero-order valence-corrected chi connectivity index (χ0v) is 10.5. The van der Waals surface area contributed by atoms with E-state index >= 15 is 0 Å². The Kier molecular flexibility index (Phi) is 4.49. The lowest BCUT2D eigenvalue weighted by molar-refractivity contribution is 0.0902. The Bertz CT molecular complexity index is 438. The van der Waals surface area contributed by atoms with Crippen LogP contribution in [0, 0.1) is 11.9 Å². The molecular formula is C12H14ClFN2O2. The van der Waals surface area contributed by atoms with Crippen molar-refractivity contribution in [3.8, 4) is 0 Å². The summed E-state index contributed by atoms with van der Waals surface area (Å²) in [5.41, 5.74) is -0.110. The van der Waals surface area contributed by atoms with E-state index in [1.807, 2.05) is 0 Å². The van der Waals surface area contributed by atoms with E-state index in [0.717, 1.165) is 6.61 Å². The highest BCUT2D eigenvalue weighted by Gasteiger charge is 2.21. The fourth-order valence-corrected chi connectivity index (χ4v) is 1.59. The highest BCUT2D eigenvalue weighted by Crippen LogP contribution is 2.28. The van der Waals surface area contributed by atoms with E-state index in [0.29, 0.717) is 19.1 Å². The van der Waals surface area contributed by atoms with Gasteiger partial charge in [0.1, 0.15) is 5.15 Å². The number of nitrogens with one attached hydrogen (secondary N) is 1. The molecule has 0 saturated heterocycles. The third-order valence-corrected chi connectivity index (χ3v) is 2.85. The SMILES string of the molecule is O=C(NCCOCC1CC1)c1ccc(Cl)nc1F. The molecule has 1 saturated carbocycles. The fourth-order valence-electron chi connectivity index (χ4n) is 1.45. The molecule has 1 fully saturated rings. The quantitative estimate of drug-likeness (QED) is 0.637. The molecule has 2 rings (SSSR count). The van der Waals surface area contributed by atoms with Crippen LogP contribution in [0.3, 0.4) is 0 Å². The van der Waals surface area contributed by atoms with E-state index in [9.17, 15) is 9.18 Å². The van der Waals surface area contributed by atoms with Crippen LogP contribution in [-0.2, 0) is 4.74 Å². The van der Waals surface area contributed by atoms with Crippen molar-refractivity contribution in [2.45, 2.75) is 12.8 Å². The number of carbonyl (C=O) groups excluding carboxylic acids is 1. The first-order valence-corrected chi connectivity index (χ1v) is 6.22. The standard InChI is InChI=1S/C12H14ClFN2O2/c13-10-4-3-9(11(14)16-10)12(17)15-5-6-18-7-8-1-2-8/h3-4,8H,1-2,5-7H2,(H,15,17). The van der Waals surface area contributed by atoms with Gasteiger partial charge >= 0.3 is 0 Å². The summed E-state index contributed by atoms with van der Waals surface area (Å²) in [6.45, 7) is 1.53. The maximum Gasteiger partial charge on any atom is 0.256 e. The lowest BCUT2D eigenvalue weighted by Crippen LogP contribution is -2.28. The van der Waals surface area contributed by atoms with E-state index in [-0.39, 0.29) is 10.7 Å². The van der Waals surface area contributed by atoms with Crippen LogP contribution in [0.1, 0.15) is 23.2 Å². The van der Waals surface area contributed by atoms with Crippen LogP contribution in [0.5, 0.6) is 0 Å². The first kappa shape index (κ1) is 13.2. The van der Waals surface area contributed by atoms with Crippen LogP contribution in [0.25, 0.3) is 0 Å². The number of hydrogen-bond acceptors (Lipinski definition) is 3. The molecule has 0 bridgehead atoms. The summed E-state index contributed by atoms with van der Waals surface area (Å²) in [6, 6.07) is 2.69. The van der Waals surface area contributed by atoms with Gasteiger partial charge in [-0.2, -0.15) is 4.39 Å². The van der Waals surface area contributed by atoms with Crippen molar-refractivity contribution in [3.05, 3.63) is 28.8 Å². The summed E-state index contributed by atoms with van der Waals surface area (Å²) in [5, 5.41) is 2.59. The molecule has 1 amide bonds. The summed E-state index contributed by atoms with van der Waals surface area (Å²) >= 11 is 5.50. The predicted molar refractivity (Wildman–Crippen MR) is 65.1 cm³/mol. The maximum absolute atomic E-state index is 13.3. The number of aromatic nitrogens is 1. The third-order valence-electron chi connectivity index (χ3n) is 2.64. The minimum atomic E-state index is -0.862. The highest BCUT2D eigenvalue weighted by molar-refractivity contribution is 6.29. The molecule has 1 aromatic heterocycles. The van der Waals surface area contributed by atoms with E-state index in [4.69, 9.17) is 16.3 Å². The van der Waals surface area contributed by atoms with E-state index in [2.05, 4.69) is 10.3 Å². The average Bonchev–Trinajstić information content (AvgIpc) is 3.12. The van der Waals surface area contributed by atoms with Crippen molar-refractivity contribution in [3.63, 3.8) is 0 Å². The van der Waals surface area contributed by atoms with Crippen molar-refractivity contribution in [2.75, 3.05) is 19.8 Å². The average molecular weight is 273 g/mol. The van der Waals surface area contributed by atoms with Gasteiger partial charge in [0.05, 0.1) is 12.2 Å². The summed E-state index contributed by atoms with van der Waals surface area (Å²) < 4.78 is 18.7. The van der Waals surface area contributed by atoms with Crippen molar-refractivity contribution in [1.82, 2.24) is 10.3 Å². The van der Waals surface area contributed by atoms with Crippen molar-refractivity contribution < 1.29 is 13.9 Å². The zero-order chi connectivity index (χ0) is 13.0. The second-order valence-electron chi connectivity index (χ2n) is 4.25. The Balaban J connectivity index is 1.72. The van der Waals surface area contributed by atoms with Gasteiger partial charge in [0.25, 0.3) is 5.91 Å². The highest BCUT2D eigenvalue weighted by atomic mass is 35.5. The number of ether oxygens (including phenoxy) is 1. The molecule has 0 atom stereocenters. The largest absolute Gasteiger partial charge is 0.379 e. The summed E-state index contributed by atoms with van der Waals surface area (Å²) in [4.78, 5) is 15.0. The number of amides is 1. The van der Waals surface area contributed by atoms with Gasteiger partial charge in [-0.25, -0.2) is 4.98 Å². The molecule has 1 heterocycles. The van der Waals surface area contributed by atoms with Gasteiger partial charge in [0, 0.05) is 13.2 Å². The molecule has 6 heteroatoms. The lowest BCUT2D eigenvalue weighted by atomic mass is 10.2. The van der Waals surface area contributed by atoms with Gasteiger partial charge in [-0.3, -0.25) is 4.79 Å². The molecule has 4 nitrogen and oxygen atoms in total. The van der Waals surface area contributed by atoms with Gasteiger partial charge < -0.3 is 10.1 Å². The molecule has 98 valence electrons. The van der Waals surface area contributed by atoms with Crippen LogP contribution in [0.2, 0.25) is 5.15 Å². The Morgan fingerprint density at radius 1 is 1.56 bits per heavy atom. The molecule has 0 aliphatic heterocycles. The predicted octanol–water partition coefficient (Wildman–Crippen LogP) is 2.03. The number of nitrogens with zero attached hydrogens (tertiary/aromatic N) is 1. The van der Waals surface area contributed by atoms with Crippen molar-refractivity contribution in [2.24, 2.45) is 5.92 Å². The molecule has 1 aromatic rings. The minimum absolute atomic E-state index is 0.0248. The molecule has 0 unspecified atom stereocenters. The normalized spacial score (nSPS) is 14.6. The van der Waals surface area contributed by atoms with E-state index in [1.54, 1.807) is 0 Å². The Hall–Kier alpha value is -1.20. The molecule has 0 aromatic carbocycles. The van der Waals surface area contributed by atoms with E-state index in [1.165, 1.54) is 25.0 Å². The molecule has 0 radical (unpaired) electrons. The fraction of sp³-hybridized carbons (Fsp3) is 0.500. The maximum atomic E-state index is 13.3. The summed E-state index contributed by atoms with van der Waals surface area (Å²) in [5.74, 6) is -0.677. The second kappa shape index (κ2) is 6.11. The molecule has 18 heavy (non-hydrogen) atoms.